The van der Waals surface area contributed by atoms with Gasteiger partial charge in [0.25, 0.3) is 0 Å². The fourth-order valence-corrected chi connectivity index (χ4v) is 2.69. The molecule has 0 aliphatic rings. The third-order valence-electron chi connectivity index (χ3n) is 3.97. The van der Waals surface area contributed by atoms with Gasteiger partial charge in [0.1, 0.15) is 0 Å². The van der Waals surface area contributed by atoms with Crippen LogP contribution in [0.15, 0.2) is 54.7 Å². The van der Waals surface area contributed by atoms with E-state index >= 15 is 0 Å². The average Bonchev–Trinajstić information content (AvgIpc) is 3.11. The predicted molar refractivity (Wildman–Crippen MR) is 100 cm³/mol. The second-order valence-electron chi connectivity index (χ2n) is 5.96. The van der Waals surface area contributed by atoms with Crippen LogP contribution in [0.3, 0.4) is 0 Å². The Morgan fingerprint density at radius 1 is 1.21 bits per heavy atom. The summed E-state index contributed by atoms with van der Waals surface area (Å²) in [5.41, 5.74) is 3.60. The zero-order valence-corrected chi connectivity index (χ0v) is 14.4. The summed E-state index contributed by atoms with van der Waals surface area (Å²) in [6, 6.07) is 16.0. The molecule has 0 radical (unpaired) electrons. The summed E-state index contributed by atoms with van der Waals surface area (Å²) in [5, 5.41) is 29.1. The van der Waals surface area contributed by atoms with Gasteiger partial charge in [-0.2, -0.15) is 14.9 Å². The van der Waals surface area contributed by atoms with E-state index in [1.807, 2.05) is 0 Å². The van der Waals surface area contributed by atoms with Gasteiger partial charge >= 0.3 is 5.97 Å². The Morgan fingerprint density at radius 2 is 2.04 bits per heavy atom. The molecule has 9 heteroatoms. The van der Waals surface area contributed by atoms with Crippen molar-refractivity contribution in [3.8, 4) is 11.8 Å². The zero-order valence-electron chi connectivity index (χ0n) is 14.4. The number of nitriles is 1. The lowest BCUT2D eigenvalue weighted by Crippen LogP contribution is -2.04. The Balaban J connectivity index is 1.68. The second kappa shape index (κ2) is 7.13. The number of fused-ring (bicyclic) bond motifs is 1. The number of anilines is 2. The van der Waals surface area contributed by atoms with Crippen molar-refractivity contribution in [2.24, 2.45) is 0 Å². The number of benzene rings is 2. The lowest BCUT2D eigenvalue weighted by molar-refractivity contribution is -0.136. The zero-order chi connectivity index (χ0) is 19.5. The van der Waals surface area contributed by atoms with Gasteiger partial charge in [0.2, 0.25) is 5.95 Å². The summed E-state index contributed by atoms with van der Waals surface area (Å²) < 4.78 is 1.53. The Bertz CT molecular complexity index is 1210. The van der Waals surface area contributed by atoms with E-state index in [1.54, 1.807) is 54.7 Å². The number of nitrogens with zero attached hydrogens (tertiary/aromatic N) is 6. The molecule has 4 rings (SSSR count). The molecule has 0 aliphatic heterocycles. The predicted octanol–water partition coefficient (Wildman–Crippen LogP) is 2.45. The highest BCUT2D eigenvalue weighted by atomic mass is 16.4. The normalized spacial score (nSPS) is 10.5. The van der Waals surface area contributed by atoms with Crippen LogP contribution < -0.4 is 5.32 Å². The van der Waals surface area contributed by atoms with Crippen molar-refractivity contribution in [3.63, 3.8) is 0 Å². The first kappa shape index (κ1) is 17.1. The molecular weight excluding hydrogens is 358 g/mol. The number of carboxylic acid groups (broad SMARTS) is 1. The Morgan fingerprint density at radius 3 is 2.79 bits per heavy atom. The molecule has 28 heavy (non-hydrogen) atoms. The Kier molecular flexibility index (Phi) is 4.35. The summed E-state index contributed by atoms with van der Waals surface area (Å²) in [4.78, 5) is 19.7. The van der Waals surface area contributed by atoms with Crippen LogP contribution in [0.25, 0.3) is 16.9 Å². The molecule has 2 aromatic carbocycles. The number of nitrogens with one attached hydrogen (secondary N) is 1. The lowest BCUT2D eigenvalue weighted by atomic mass is 10.1. The maximum absolute atomic E-state index is 11.0. The Hall–Kier alpha value is -4.32. The van der Waals surface area contributed by atoms with Crippen molar-refractivity contribution in [2.75, 3.05) is 5.32 Å². The molecular formula is C19H13N7O2. The topological polar surface area (TPSA) is 130 Å². The molecule has 0 spiro atoms. The largest absolute Gasteiger partial charge is 0.481 e. The van der Waals surface area contributed by atoms with Crippen LogP contribution in [0.4, 0.5) is 11.6 Å². The van der Waals surface area contributed by atoms with Crippen LogP contribution >= 0.6 is 0 Å². The third-order valence-corrected chi connectivity index (χ3v) is 3.97. The SMILES string of the molecule is N#Cc1ccc(Nc2ncc3nnn(-c4cccc(CC(=O)O)c4)c3n2)cc1. The van der Waals surface area contributed by atoms with E-state index in [0.29, 0.717) is 33.9 Å². The molecule has 9 nitrogen and oxygen atoms in total. The molecule has 2 N–H and O–H groups in total. The summed E-state index contributed by atoms with van der Waals surface area (Å²) >= 11 is 0. The van der Waals surface area contributed by atoms with Crippen LogP contribution in [0, 0.1) is 11.3 Å². The monoisotopic (exact) mass is 371 g/mol. The van der Waals surface area contributed by atoms with Crippen molar-refractivity contribution in [1.82, 2.24) is 25.0 Å². The van der Waals surface area contributed by atoms with Gasteiger partial charge in [-0.05, 0) is 42.0 Å². The van der Waals surface area contributed by atoms with Crippen LogP contribution in [-0.4, -0.2) is 36.0 Å². The Labute approximate surface area is 158 Å². The van der Waals surface area contributed by atoms with E-state index < -0.39 is 5.97 Å². The van der Waals surface area contributed by atoms with Crippen molar-refractivity contribution in [2.45, 2.75) is 6.42 Å². The molecule has 2 aromatic heterocycles. The molecule has 0 fully saturated rings. The van der Waals surface area contributed by atoms with Crippen molar-refractivity contribution >= 4 is 28.8 Å². The maximum atomic E-state index is 11.0. The number of carboxylic acids is 1. The summed E-state index contributed by atoms with van der Waals surface area (Å²) in [6.45, 7) is 0. The molecule has 0 atom stereocenters. The summed E-state index contributed by atoms with van der Waals surface area (Å²) in [5.74, 6) is -0.556. The third kappa shape index (κ3) is 3.47. The molecule has 4 aromatic rings. The van der Waals surface area contributed by atoms with E-state index in [-0.39, 0.29) is 6.42 Å². The molecule has 0 unspecified atom stereocenters. The van der Waals surface area contributed by atoms with Gasteiger partial charge in [-0.1, -0.05) is 17.3 Å². The molecule has 136 valence electrons. The van der Waals surface area contributed by atoms with Gasteiger partial charge in [0.15, 0.2) is 11.2 Å². The van der Waals surface area contributed by atoms with Gasteiger partial charge in [-0.25, -0.2) is 4.98 Å². The summed E-state index contributed by atoms with van der Waals surface area (Å²) in [6.07, 6.45) is 1.47. The molecule has 0 aliphatic carbocycles. The average molecular weight is 371 g/mol. The second-order valence-corrected chi connectivity index (χ2v) is 5.96. The van der Waals surface area contributed by atoms with E-state index in [1.165, 1.54) is 4.68 Å². The number of aromatic nitrogens is 5. The molecule has 0 bridgehead atoms. The van der Waals surface area contributed by atoms with Crippen molar-refractivity contribution < 1.29 is 9.90 Å². The van der Waals surface area contributed by atoms with Crippen LogP contribution in [0.2, 0.25) is 0 Å². The smallest absolute Gasteiger partial charge is 0.307 e. The highest BCUT2D eigenvalue weighted by Crippen LogP contribution is 2.19. The molecule has 0 saturated carbocycles. The van der Waals surface area contributed by atoms with Crippen LogP contribution in [-0.2, 0) is 11.2 Å². The van der Waals surface area contributed by atoms with E-state index in [9.17, 15) is 4.79 Å². The number of aliphatic carboxylic acids is 1. The first-order valence-electron chi connectivity index (χ1n) is 8.29. The van der Waals surface area contributed by atoms with Gasteiger partial charge in [-0.15, -0.1) is 5.10 Å². The molecule has 0 saturated heterocycles. The lowest BCUT2D eigenvalue weighted by Gasteiger charge is -2.06. The fourth-order valence-electron chi connectivity index (χ4n) is 2.69. The van der Waals surface area contributed by atoms with Gasteiger partial charge in [0.05, 0.1) is 29.9 Å². The van der Waals surface area contributed by atoms with Crippen LogP contribution in [0.5, 0.6) is 0 Å². The number of carbonyl (C=O) groups is 1. The minimum atomic E-state index is -0.906. The molecule has 2 heterocycles. The van der Waals surface area contributed by atoms with Gasteiger partial charge < -0.3 is 10.4 Å². The first-order valence-corrected chi connectivity index (χ1v) is 8.29. The van der Waals surface area contributed by atoms with Crippen molar-refractivity contribution in [1.29, 1.82) is 5.26 Å². The van der Waals surface area contributed by atoms with E-state index in [4.69, 9.17) is 10.4 Å². The minimum absolute atomic E-state index is 0.0824. The molecule has 0 amide bonds. The summed E-state index contributed by atoms with van der Waals surface area (Å²) in [7, 11) is 0. The number of rotatable bonds is 5. The van der Waals surface area contributed by atoms with Gasteiger partial charge in [0, 0.05) is 5.69 Å². The highest BCUT2D eigenvalue weighted by Gasteiger charge is 2.11. The quantitative estimate of drug-likeness (QED) is 0.547. The van der Waals surface area contributed by atoms with E-state index in [0.717, 1.165) is 5.69 Å². The number of hydrogen-bond donors (Lipinski definition) is 2. The minimum Gasteiger partial charge on any atom is -0.481 e. The highest BCUT2D eigenvalue weighted by molar-refractivity contribution is 5.73. The first-order chi connectivity index (χ1) is 13.6. The fraction of sp³-hybridized carbons (Fsp3) is 0.0526. The van der Waals surface area contributed by atoms with E-state index in [2.05, 4.69) is 31.7 Å². The van der Waals surface area contributed by atoms with Gasteiger partial charge in [-0.3, -0.25) is 4.79 Å². The maximum Gasteiger partial charge on any atom is 0.307 e. The standard InChI is InChI=1S/C19H13N7O2/c20-10-12-4-6-14(7-5-12)22-19-21-11-16-18(23-19)26(25-24-16)15-3-1-2-13(8-15)9-17(27)28/h1-8,11H,9H2,(H,27,28)(H,21,22,23). The van der Waals surface area contributed by atoms with Crippen LogP contribution in [0.1, 0.15) is 11.1 Å². The number of hydrogen-bond acceptors (Lipinski definition) is 7. The van der Waals surface area contributed by atoms with Crippen molar-refractivity contribution in [3.05, 3.63) is 65.9 Å².